The van der Waals surface area contributed by atoms with Gasteiger partial charge in [0.05, 0.1) is 11.4 Å². The first-order valence-electron chi connectivity index (χ1n) is 10.3. The van der Waals surface area contributed by atoms with Gasteiger partial charge in [0.2, 0.25) is 0 Å². The van der Waals surface area contributed by atoms with E-state index in [2.05, 4.69) is 91.1 Å². The molecule has 0 spiro atoms. The summed E-state index contributed by atoms with van der Waals surface area (Å²) in [6, 6.07) is 31.8. The summed E-state index contributed by atoms with van der Waals surface area (Å²) in [4.78, 5) is 5.23. The minimum absolute atomic E-state index is 0.565. The normalized spacial score (nSPS) is 15.0. The molecule has 0 saturated carbocycles. The summed E-state index contributed by atoms with van der Waals surface area (Å²) < 4.78 is 0. The highest BCUT2D eigenvalue weighted by atomic mass is 14.9. The van der Waals surface area contributed by atoms with Crippen LogP contribution in [0.2, 0.25) is 0 Å². The van der Waals surface area contributed by atoms with Gasteiger partial charge < -0.3 is 5.32 Å². The molecule has 2 heteroatoms. The van der Waals surface area contributed by atoms with Crippen molar-refractivity contribution in [1.82, 2.24) is 0 Å². The number of hydrogen-bond acceptors (Lipinski definition) is 2. The average Bonchev–Trinajstić information content (AvgIpc) is 3.22. The number of benzene rings is 4. The van der Waals surface area contributed by atoms with Crippen LogP contribution in [-0.2, 0) is 0 Å². The molecule has 0 radical (unpaired) electrons. The number of rotatable bonds is 4. The van der Waals surface area contributed by atoms with Crippen LogP contribution in [0.5, 0.6) is 0 Å². The molecule has 1 heterocycles. The minimum atomic E-state index is 0.565. The van der Waals surface area contributed by atoms with Crippen molar-refractivity contribution in [2.75, 3.05) is 11.9 Å². The van der Waals surface area contributed by atoms with E-state index in [-0.39, 0.29) is 0 Å². The molecular weight excluding hydrogens is 352 g/mol. The van der Waals surface area contributed by atoms with Gasteiger partial charge in [-0.3, -0.25) is 0 Å². The van der Waals surface area contributed by atoms with Crippen molar-refractivity contribution in [3.63, 3.8) is 0 Å². The van der Waals surface area contributed by atoms with E-state index in [0.717, 1.165) is 35.5 Å². The Morgan fingerprint density at radius 1 is 0.828 bits per heavy atom. The molecule has 5 rings (SSSR count). The highest BCUT2D eigenvalue weighted by Crippen LogP contribution is 2.43. The van der Waals surface area contributed by atoms with Crippen molar-refractivity contribution in [2.45, 2.75) is 19.3 Å². The van der Waals surface area contributed by atoms with Gasteiger partial charge in [-0.05, 0) is 23.4 Å². The second-order valence-electron chi connectivity index (χ2n) is 7.58. The fourth-order valence-corrected chi connectivity index (χ4v) is 4.35. The van der Waals surface area contributed by atoms with Crippen molar-refractivity contribution >= 4 is 27.9 Å². The zero-order chi connectivity index (χ0) is 19.6. The average molecular weight is 377 g/mol. The van der Waals surface area contributed by atoms with Crippen LogP contribution >= 0.6 is 0 Å². The molecule has 4 aromatic carbocycles. The summed E-state index contributed by atoms with van der Waals surface area (Å²) in [5.41, 5.74) is 6.95. The molecule has 1 aliphatic rings. The molecule has 0 aliphatic carbocycles. The first kappa shape index (κ1) is 17.7. The van der Waals surface area contributed by atoms with Crippen LogP contribution in [0.25, 0.3) is 10.8 Å². The van der Waals surface area contributed by atoms with Crippen LogP contribution in [0.15, 0.2) is 96.0 Å². The smallest absolute Gasteiger partial charge is 0.0781 e. The summed E-state index contributed by atoms with van der Waals surface area (Å²) in [6.45, 7) is 3.28. The van der Waals surface area contributed by atoms with E-state index in [4.69, 9.17) is 4.99 Å². The molecule has 0 saturated heterocycles. The van der Waals surface area contributed by atoms with Crippen LogP contribution in [0.4, 0.5) is 11.4 Å². The number of anilines is 1. The van der Waals surface area contributed by atoms with Gasteiger partial charge in [-0.2, -0.15) is 0 Å². The quantitative estimate of drug-likeness (QED) is 0.384. The summed E-state index contributed by atoms with van der Waals surface area (Å²) in [7, 11) is 0. The monoisotopic (exact) mass is 376 g/mol. The molecular formula is C27H24N2. The summed E-state index contributed by atoms with van der Waals surface area (Å²) >= 11 is 0. The lowest BCUT2D eigenvalue weighted by atomic mass is 9.92. The molecule has 0 unspecified atom stereocenters. The van der Waals surface area contributed by atoms with Crippen LogP contribution in [0, 0.1) is 0 Å². The Balaban J connectivity index is 1.76. The summed E-state index contributed by atoms with van der Waals surface area (Å²) in [6.07, 6.45) is 1.14. The van der Waals surface area contributed by atoms with Gasteiger partial charge in [-0.25, -0.2) is 4.99 Å². The Labute approximate surface area is 171 Å². The Kier molecular flexibility index (Phi) is 4.61. The van der Waals surface area contributed by atoms with E-state index >= 15 is 0 Å². The SMILES string of the molecule is CC[C@H]1CNc2cc(N=C(c3ccccc3)c3ccccc3)c3ccccc3c21. The first-order chi connectivity index (χ1) is 14.3. The maximum Gasteiger partial charge on any atom is 0.0781 e. The van der Waals surface area contributed by atoms with Gasteiger partial charge in [-0.1, -0.05) is 91.9 Å². The molecule has 1 N–H and O–H groups in total. The van der Waals surface area contributed by atoms with Crippen LogP contribution in [0.3, 0.4) is 0 Å². The molecule has 0 fully saturated rings. The van der Waals surface area contributed by atoms with Gasteiger partial charge in [0.1, 0.15) is 0 Å². The van der Waals surface area contributed by atoms with Crippen molar-refractivity contribution in [1.29, 1.82) is 0 Å². The zero-order valence-corrected chi connectivity index (χ0v) is 16.6. The molecule has 0 aromatic heterocycles. The van der Waals surface area contributed by atoms with E-state index < -0.39 is 0 Å². The Bertz CT molecular complexity index is 1140. The summed E-state index contributed by atoms with van der Waals surface area (Å²) in [5, 5.41) is 6.16. The van der Waals surface area contributed by atoms with Crippen molar-refractivity contribution in [3.8, 4) is 0 Å². The largest absolute Gasteiger partial charge is 0.384 e. The Morgan fingerprint density at radius 2 is 1.41 bits per heavy atom. The van der Waals surface area contributed by atoms with Crippen LogP contribution in [-0.4, -0.2) is 12.3 Å². The molecule has 1 aliphatic heterocycles. The van der Waals surface area contributed by atoms with E-state index in [1.54, 1.807) is 0 Å². The maximum atomic E-state index is 5.23. The Hall–Kier alpha value is -3.39. The Morgan fingerprint density at radius 3 is 2.03 bits per heavy atom. The predicted octanol–water partition coefficient (Wildman–Crippen LogP) is 6.93. The van der Waals surface area contributed by atoms with Crippen molar-refractivity contribution in [3.05, 3.63) is 108 Å². The molecule has 1 atom stereocenters. The molecule has 4 aromatic rings. The topological polar surface area (TPSA) is 24.4 Å². The second-order valence-corrected chi connectivity index (χ2v) is 7.58. The van der Waals surface area contributed by atoms with Gasteiger partial charge in [0.15, 0.2) is 0 Å². The fourth-order valence-electron chi connectivity index (χ4n) is 4.35. The van der Waals surface area contributed by atoms with E-state index in [1.165, 1.54) is 22.0 Å². The van der Waals surface area contributed by atoms with E-state index in [0.29, 0.717) is 5.92 Å². The number of fused-ring (bicyclic) bond motifs is 3. The predicted molar refractivity (Wildman–Crippen MR) is 124 cm³/mol. The number of nitrogens with one attached hydrogen (secondary N) is 1. The molecule has 0 bridgehead atoms. The number of aliphatic imine (C=N–C) groups is 1. The molecule has 142 valence electrons. The number of hydrogen-bond donors (Lipinski definition) is 1. The van der Waals surface area contributed by atoms with Gasteiger partial charge in [0, 0.05) is 34.7 Å². The lowest BCUT2D eigenvalue weighted by Crippen LogP contribution is -2.02. The third-order valence-electron chi connectivity index (χ3n) is 5.83. The van der Waals surface area contributed by atoms with Crippen molar-refractivity contribution < 1.29 is 0 Å². The third-order valence-corrected chi connectivity index (χ3v) is 5.83. The second kappa shape index (κ2) is 7.56. The van der Waals surface area contributed by atoms with Gasteiger partial charge in [0.25, 0.3) is 0 Å². The molecule has 0 amide bonds. The first-order valence-corrected chi connectivity index (χ1v) is 10.3. The highest BCUT2D eigenvalue weighted by molar-refractivity contribution is 6.15. The number of nitrogens with zero attached hydrogens (tertiary/aromatic N) is 1. The minimum Gasteiger partial charge on any atom is -0.384 e. The lowest BCUT2D eigenvalue weighted by molar-refractivity contribution is 0.732. The van der Waals surface area contributed by atoms with Gasteiger partial charge >= 0.3 is 0 Å². The summed E-state index contributed by atoms with van der Waals surface area (Å²) in [5.74, 6) is 0.565. The van der Waals surface area contributed by atoms with Crippen LogP contribution in [0.1, 0.15) is 36.0 Å². The zero-order valence-electron chi connectivity index (χ0n) is 16.6. The standard InChI is InChI=1S/C27H24N2/c1-2-19-18-28-25-17-24(22-15-9-10-16-23(22)26(19)25)29-27(20-11-5-3-6-12-20)21-13-7-4-8-14-21/h3-17,19,28H,2,18H2,1H3/t19-/m0/s1. The van der Waals surface area contributed by atoms with Crippen LogP contribution < -0.4 is 5.32 Å². The molecule has 29 heavy (non-hydrogen) atoms. The molecule has 2 nitrogen and oxygen atoms in total. The fraction of sp³-hybridized carbons (Fsp3) is 0.148. The third kappa shape index (κ3) is 3.21. The van der Waals surface area contributed by atoms with Gasteiger partial charge in [-0.15, -0.1) is 0 Å². The highest BCUT2D eigenvalue weighted by Gasteiger charge is 2.24. The lowest BCUT2D eigenvalue weighted by Gasteiger charge is -2.14. The van der Waals surface area contributed by atoms with Crippen molar-refractivity contribution in [2.24, 2.45) is 4.99 Å². The van der Waals surface area contributed by atoms with E-state index in [1.807, 2.05) is 12.1 Å². The van der Waals surface area contributed by atoms with E-state index in [9.17, 15) is 0 Å². The maximum absolute atomic E-state index is 5.23.